The van der Waals surface area contributed by atoms with Crippen LogP contribution in [0, 0.1) is 18.7 Å². The van der Waals surface area contributed by atoms with E-state index >= 15 is 0 Å². The third kappa shape index (κ3) is 2.84. The van der Waals surface area contributed by atoms with Crippen molar-refractivity contribution in [1.82, 2.24) is 9.91 Å². The van der Waals surface area contributed by atoms with Gasteiger partial charge in [-0.1, -0.05) is 29.8 Å². The molecule has 2 atom stereocenters. The predicted octanol–water partition coefficient (Wildman–Crippen LogP) is 0.947. The molecular weight excluding hydrogens is 369 g/mol. The van der Waals surface area contributed by atoms with E-state index in [4.69, 9.17) is 5.73 Å². The maximum absolute atomic E-state index is 14.8. The van der Waals surface area contributed by atoms with Crippen molar-refractivity contribution in [3.63, 3.8) is 0 Å². The molecule has 1 amide bonds. The first-order chi connectivity index (χ1) is 13.9. The summed E-state index contributed by atoms with van der Waals surface area (Å²) in [4.78, 5) is 19.1. The Hall–Kier alpha value is -3.06. The maximum atomic E-state index is 14.8. The van der Waals surface area contributed by atoms with Gasteiger partial charge in [-0.2, -0.15) is 5.10 Å². The summed E-state index contributed by atoms with van der Waals surface area (Å²) in [5, 5.41) is 7.19. The second kappa shape index (κ2) is 6.49. The Morgan fingerprint density at radius 1 is 1.21 bits per heavy atom. The Kier molecular flexibility index (Phi) is 4.03. The van der Waals surface area contributed by atoms with Crippen LogP contribution < -0.4 is 16.3 Å². The highest BCUT2D eigenvalue weighted by molar-refractivity contribution is 5.95. The second-order valence-corrected chi connectivity index (χ2v) is 7.99. The van der Waals surface area contributed by atoms with Gasteiger partial charge in [-0.05, 0) is 18.6 Å². The lowest BCUT2D eigenvalue weighted by atomic mass is 9.90. The Morgan fingerprint density at radius 2 is 1.93 bits per heavy atom. The summed E-state index contributed by atoms with van der Waals surface area (Å²) in [6.07, 6.45) is 1.25. The van der Waals surface area contributed by atoms with E-state index in [0.717, 1.165) is 10.9 Å². The van der Waals surface area contributed by atoms with Crippen LogP contribution in [0.5, 0.6) is 0 Å². The van der Waals surface area contributed by atoms with Gasteiger partial charge in [0.1, 0.15) is 12.0 Å². The van der Waals surface area contributed by atoms with Gasteiger partial charge in [0.2, 0.25) is 0 Å². The van der Waals surface area contributed by atoms with Crippen LogP contribution in [0.4, 0.5) is 4.39 Å². The van der Waals surface area contributed by atoms with Gasteiger partial charge in [-0.3, -0.25) is 14.8 Å². The van der Waals surface area contributed by atoms with E-state index in [0.29, 0.717) is 24.4 Å². The molecule has 0 spiro atoms. The molecule has 2 aromatic rings. The van der Waals surface area contributed by atoms with E-state index in [1.165, 1.54) is 17.2 Å². The van der Waals surface area contributed by atoms with Crippen molar-refractivity contribution in [3.05, 3.63) is 69.5 Å². The van der Waals surface area contributed by atoms with E-state index in [-0.39, 0.29) is 17.4 Å². The van der Waals surface area contributed by atoms with Crippen molar-refractivity contribution >= 4 is 17.8 Å². The van der Waals surface area contributed by atoms with Crippen LogP contribution in [-0.4, -0.2) is 48.3 Å². The average molecular weight is 391 g/mol. The Bertz CT molecular complexity index is 1150. The first kappa shape index (κ1) is 18.0. The number of amides is 1. The lowest BCUT2D eigenvalue weighted by Crippen LogP contribution is -2.50. The normalized spacial score (nSPS) is 22.8. The molecule has 7 heteroatoms. The number of likely N-dealkylation sites (tertiary alicyclic amines) is 1. The van der Waals surface area contributed by atoms with Crippen LogP contribution in [0.15, 0.2) is 46.5 Å². The Balaban J connectivity index is 1.45. The number of rotatable bonds is 2. The number of carbonyl (C=O) groups is 1. The number of nitrogens with two attached hydrogens (primary N) is 1. The SMILES string of the molecule is Cc1ccc(C2CN(C(=O)c3cc4c(cc3F)=NC(N)C3C=NN(C)C=43)C2)cc1. The topological polar surface area (TPSA) is 74.3 Å². The molecule has 0 aliphatic carbocycles. The van der Waals surface area contributed by atoms with Gasteiger partial charge in [-0.15, -0.1) is 0 Å². The van der Waals surface area contributed by atoms with Crippen LogP contribution in [0.1, 0.15) is 27.4 Å². The fourth-order valence-corrected chi connectivity index (χ4v) is 4.27. The van der Waals surface area contributed by atoms with Crippen molar-refractivity contribution < 1.29 is 9.18 Å². The molecule has 29 heavy (non-hydrogen) atoms. The van der Waals surface area contributed by atoms with Crippen molar-refractivity contribution in [1.29, 1.82) is 0 Å². The summed E-state index contributed by atoms with van der Waals surface area (Å²) >= 11 is 0. The highest BCUT2D eigenvalue weighted by atomic mass is 19.1. The number of fused-ring (bicyclic) bond motifs is 2. The molecule has 0 aromatic heterocycles. The van der Waals surface area contributed by atoms with E-state index in [2.05, 4.69) is 34.4 Å². The number of nitrogens with zero attached hydrogens (tertiary/aromatic N) is 4. The van der Waals surface area contributed by atoms with Crippen LogP contribution in [0.3, 0.4) is 0 Å². The zero-order valence-corrected chi connectivity index (χ0v) is 16.3. The molecule has 2 unspecified atom stereocenters. The van der Waals surface area contributed by atoms with Crippen LogP contribution in [0.2, 0.25) is 0 Å². The standard InChI is InChI=1S/C22H22FN5O/c1-12-3-5-13(6-4-12)14-10-28(11-14)22(29)15-7-16-19(8-18(15)23)26-21(24)17-9-25-27(2)20(16)17/h3-9,14,17,21H,10-11,24H2,1-2H3. The zero-order valence-electron chi connectivity index (χ0n) is 16.3. The summed E-state index contributed by atoms with van der Waals surface area (Å²) < 4.78 is 14.8. The molecule has 0 radical (unpaired) electrons. The van der Waals surface area contributed by atoms with Gasteiger partial charge >= 0.3 is 0 Å². The molecule has 3 heterocycles. The molecule has 148 valence electrons. The monoisotopic (exact) mass is 391 g/mol. The minimum absolute atomic E-state index is 0.0725. The summed E-state index contributed by atoms with van der Waals surface area (Å²) in [5.41, 5.74) is 9.45. The van der Waals surface area contributed by atoms with Crippen LogP contribution in [0.25, 0.3) is 5.70 Å². The molecule has 3 aliphatic rings. The van der Waals surface area contributed by atoms with Gasteiger partial charge in [0, 0.05) is 43.6 Å². The van der Waals surface area contributed by atoms with E-state index in [1.807, 2.05) is 14.0 Å². The highest BCUT2D eigenvalue weighted by Crippen LogP contribution is 2.29. The first-order valence-corrected chi connectivity index (χ1v) is 9.73. The number of hydrogen-bond acceptors (Lipinski definition) is 5. The molecule has 2 aromatic carbocycles. The molecule has 2 N–H and O–H groups in total. The number of benzene rings is 2. The molecule has 3 aliphatic heterocycles. The van der Waals surface area contributed by atoms with Crippen LogP contribution in [-0.2, 0) is 0 Å². The first-order valence-electron chi connectivity index (χ1n) is 9.73. The summed E-state index contributed by atoms with van der Waals surface area (Å²) in [5.74, 6) is -0.719. The third-order valence-corrected chi connectivity index (χ3v) is 6.03. The van der Waals surface area contributed by atoms with Crippen molar-refractivity contribution in [3.8, 4) is 0 Å². The van der Waals surface area contributed by atoms with Gasteiger partial charge < -0.3 is 10.6 Å². The predicted molar refractivity (Wildman–Crippen MR) is 108 cm³/mol. The Morgan fingerprint density at radius 3 is 2.66 bits per heavy atom. The number of carbonyl (C=O) groups excluding carboxylic acids is 1. The fourth-order valence-electron chi connectivity index (χ4n) is 4.27. The lowest BCUT2D eigenvalue weighted by molar-refractivity contribution is 0.0597. The average Bonchev–Trinajstić information content (AvgIpc) is 3.04. The van der Waals surface area contributed by atoms with E-state index in [1.54, 1.807) is 22.2 Å². The van der Waals surface area contributed by atoms with Gasteiger partial charge in [0.25, 0.3) is 5.91 Å². The van der Waals surface area contributed by atoms with Gasteiger partial charge in [-0.25, -0.2) is 4.39 Å². The lowest BCUT2D eigenvalue weighted by Gasteiger charge is -2.39. The van der Waals surface area contributed by atoms with Crippen molar-refractivity contribution in [2.45, 2.75) is 19.0 Å². The number of hydrogen-bond donors (Lipinski definition) is 1. The van der Waals surface area contributed by atoms with E-state index < -0.39 is 12.0 Å². The largest absolute Gasteiger partial charge is 0.337 e. The molecule has 1 saturated heterocycles. The smallest absolute Gasteiger partial charge is 0.256 e. The van der Waals surface area contributed by atoms with E-state index in [9.17, 15) is 9.18 Å². The van der Waals surface area contributed by atoms with Crippen LogP contribution >= 0.6 is 0 Å². The third-order valence-electron chi connectivity index (χ3n) is 6.03. The summed E-state index contributed by atoms with van der Waals surface area (Å²) in [6, 6.07) is 11.3. The molecule has 0 saturated carbocycles. The van der Waals surface area contributed by atoms with Gasteiger partial charge in [0.05, 0.1) is 22.5 Å². The Labute approximate surface area is 167 Å². The summed E-state index contributed by atoms with van der Waals surface area (Å²) in [7, 11) is 1.82. The van der Waals surface area contributed by atoms with Crippen molar-refractivity contribution in [2.24, 2.45) is 21.7 Å². The quantitative estimate of drug-likeness (QED) is 0.828. The van der Waals surface area contributed by atoms with Crippen molar-refractivity contribution in [2.75, 3.05) is 20.1 Å². The molecule has 1 fully saturated rings. The minimum Gasteiger partial charge on any atom is -0.337 e. The zero-order chi connectivity index (χ0) is 20.3. The molecular formula is C22H22FN5O. The highest BCUT2D eigenvalue weighted by Gasteiger charge is 2.35. The summed E-state index contributed by atoms with van der Waals surface area (Å²) in [6.45, 7) is 3.24. The second-order valence-electron chi connectivity index (χ2n) is 7.99. The number of hydrazone groups is 1. The minimum atomic E-state index is -0.566. The number of halogens is 1. The maximum Gasteiger partial charge on any atom is 0.256 e. The molecule has 0 bridgehead atoms. The molecule has 5 rings (SSSR count). The molecule has 6 nitrogen and oxygen atoms in total. The fraction of sp³-hybridized carbons (Fsp3) is 0.318. The number of aryl methyl sites for hydroxylation is 1. The van der Waals surface area contributed by atoms with Gasteiger partial charge in [0.15, 0.2) is 0 Å².